The van der Waals surface area contributed by atoms with E-state index in [-0.39, 0.29) is 11.3 Å². The van der Waals surface area contributed by atoms with Crippen molar-refractivity contribution in [2.24, 2.45) is 0 Å². The van der Waals surface area contributed by atoms with Crippen LogP contribution in [0.3, 0.4) is 0 Å². The summed E-state index contributed by atoms with van der Waals surface area (Å²) in [7, 11) is 4.58. The third-order valence-electron chi connectivity index (χ3n) is 3.31. The lowest BCUT2D eigenvalue weighted by Crippen LogP contribution is -2.20. The fourth-order valence-corrected chi connectivity index (χ4v) is 2.23. The van der Waals surface area contributed by atoms with E-state index in [1.165, 1.54) is 19.2 Å². The molecule has 2 rings (SSSR count). The van der Waals surface area contributed by atoms with Gasteiger partial charge in [0.15, 0.2) is 0 Å². The molecular formula is C16H17F2NO2. The van der Waals surface area contributed by atoms with Gasteiger partial charge in [0.05, 0.1) is 20.3 Å². The first-order chi connectivity index (χ1) is 10.1. The quantitative estimate of drug-likeness (QED) is 0.917. The maximum atomic E-state index is 14.2. The summed E-state index contributed by atoms with van der Waals surface area (Å²) in [5.41, 5.74) is 0.699. The maximum Gasteiger partial charge on any atom is 0.134 e. The topological polar surface area (TPSA) is 30.5 Å². The van der Waals surface area contributed by atoms with Crippen LogP contribution in [0.2, 0.25) is 0 Å². The number of nitrogens with one attached hydrogen (secondary N) is 1. The average Bonchev–Trinajstić information content (AvgIpc) is 2.50. The van der Waals surface area contributed by atoms with Gasteiger partial charge in [-0.15, -0.1) is 0 Å². The number of benzene rings is 2. The van der Waals surface area contributed by atoms with Crippen LogP contribution in [0.25, 0.3) is 0 Å². The van der Waals surface area contributed by atoms with Gasteiger partial charge in [-0.3, -0.25) is 0 Å². The highest BCUT2D eigenvalue weighted by molar-refractivity contribution is 5.39. The summed E-state index contributed by atoms with van der Waals surface area (Å²) >= 11 is 0. The second kappa shape index (κ2) is 6.54. The summed E-state index contributed by atoms with van der Waals surface area (Å²) in [6, 6.07) is 8.78. The molecular weight excluding hydrogens is 276 g/mol. The van der Waals surface area contributed by atoms with Gasteiger partial charge in [0.2, 0.25) is 0 Å². The van der Waals surface area contributed by atoms with Crippen molar-refractivity contribution in [2.75, 3.05) is 21.3 Å². The van der Waals surface area contributed by atoms with Gasteiger partial charge in [0, 0.05) is 17.7 Å². The Hall–Kier alpha value is -2.14. The van der Waals surface area contributed by atoms with Crippen LogP contribution >= 0.6 is 0 Å². The number of hydrogen-bond donors (Lipinski definition) is 1. The molecule has 1 N–H and O–H groups in total. The van der Waals surface area contributed by atoms with E-state index >= 15 is 0 Å². The lowest BCUT2D eigenvalue weighted by molar-refractivity contribution is 0.403. The molecule has 1 atom stereocenters. The van der Waals surface area contributed by atoms with Crippen LogP contribution in [-0.2, 0) is 0 Å². The molecule has 0 aliphatic rings. The standard InChI is InChI=1S/C16H17F2NO2/c1-19-16(10-4-6-11(20-2)7-5-10)15-13(17)8-12(21-3)9-14(15)18/h4-9,16,19H,1-3H3. The lowest BCUT2D eigenvalue weighted by atomic mass is 9.97. The van der Waals surface area contributed by atoms with Crippen LogP contribution < -0.4 is 14.8 Å². The van der Waals surface area contributed by atoms with Gasteiger partial charge in [0.25, 0.3) is 0 Å². The third kappa shape index (κ3) is 3.13. The zero-order valence-corrected chi connectivity index (χ0v) is 12.1. The fraction of sp³-hybridized carbons (Fsp3) is 0.250. The van der Waals surface area contributed by atoms with Crippen molar-refractivity contribution < 1.29 is 18.3 Å². The van der Waals surface area contributed by atoms with Crippen molar-refractivity contribution in [2.45, 2.75) is 6.04 Å². The van der Waals surface area contributed by atoms with E-state index in [4.69, 9.17) is 9.47 Å². The zero-order valence-electron chi connectivity index (χ0n) is 12.1. The van der Waals surface area contributed by atoms with Crippen molar-refractivity contribution in [3.63, 3.8) is 0 Å². The Bertz CT molecular complexity index is 591. The molecule has 0 saturated heterocycles. The minimum absolute atomic E-state index is 0.0385. The van der Waals surface area contributed by atoms with E-state index in [2.05, 4.69) is 5.32 Å². The fourth-order valence-electron chi connectivity index (χ4n) is 2.23. The first-order valence-corrected chi connectivity index (χ1v) is 6.44. The maximum absolute atomic E-state index is 14.2. The van der Waals surface area contributed by atoms with E-state index in [1.807, 2.05) is 0 Å². The molecule has 0 aliphatic carbocycles. The van der Waals surface area contributed by atoms with Crippen LogP contribution in [0.5, 0.6) is 11.5 Å². The van der Waals surface area contributed by atoms with Gasteiger partial charge in [-0.25, -0.2) is 8.78 Å². The predicted octanol–water partition coefficient (Wildman–Crippen LogP) is 3.29. The Kier molecular flexibility index (Phi) is 4.75. The largest absolute Gasteiger partial charge is 0.497 e. The Labute approximate surface area is 122 Å². The van der Waals surface area contributed by atoms with Gasteiger partial charge in [-0.05, 0) is 24.7 Å². The van der Waals surface area contributed by atoms with Gasteiger partial charge in [-0.1, -0.05) is 12.1 Å². The summed E-state index contributed by atoms with van der Waals surface area (Å²) in [5.74, 6) is -0.466. The highest BCUT2D eigenvalue weighted by Crippen LogP contribution is 2.30. The lowest BCUT2D eigenvalue weighted by Gasteiger charge is -2.19. The second-order valence-corrected chi connectivity index (χ2v) is 4.50. The van der Waals surface area contributed by atoms with Gasteiger partial charge >= 0.3 is 0 Å². The molecule has 112 valence electrons. The molecule has 0 spiro atoms. The number of rotatable bonds is 5. The number of methoxy groups -OCH3 is 2. The molecule has 5 heteroatoms. The van der Waals surface area contributed by atoms with Crippen molar-refractivity contribution in [1.29, 1.82) is 0 Å². The molecule has 3 nitrogen and oxygen atoms in total. The van der Waals surface area contributed by atoms with Crippen LogP contribution in [0.15, 0.2) is 36.4 Å². The molecule has 0 aliphatic heterocycles. The SMILES string of the molecule is CNC(c1ccc(OC)cc1)c1c(F)cc(OC)cc1F. The summed E-state index contributed by atoms with van der Waals surface area (Å²) in [4.78, 5) is 0. The van der Waals surface area contributed by atoms with E-state index in [0.717, 1.165) is 5.56 Å². The minimum Gasteiger partial charge on any atom is -0.497 e. The Morgan fingerprint density at radius 2 is 1.43 bits per heavy atom. The number of halogens is 2. The van der Waals surface area contributed by atoms with Crippen molar-refractivity contribution in [3.8, 4) is 11.5 Å². The highest BCUT2D eigenvalue weighted by Gasteiger charge is 2.22. The molecule has 0 fully saturated rings. The normalized spacial score (nSPS) is 12.0. The summed E-state index contributed by atoms with van der Waals surface area (Å²) in [6.07, 6.45) is 0. The third-order valence-corrected chi connectivity index (χ3v) is 3.31. The highest BCUT2D eigenvalue weighted by atomic mass is 19.1. The van der Waals surface area contributed by atoms with Gasteiger partial charge in [0.1, 0.15) is 23.1 Å². The Morgan fingerprint density at radius 3 is 1.86 bits per heavy atom. The van der Waals surface area contributed by atoms with E-state index < -0.39 is 17.7 Å². The zero-order chi connectivity index (χ0) is 15.4. The van der Waals surface area contributed by atoms with Crippen molar-refractivity contribution >= 4 is 0 Å². The van der Waals surface area contributed by atoms with Crippen LogP contribution in [-0.4, -0.2) is 21.3 Å². The monoisotopic (exact) mass is 293 g/mol. The molecule has 0 bridgehead atoms. The molecule has 0 aromatic heterocycles. The molecule has 0 saturated carbocycles. The van der Waals surface area contributed by atoms with Gasteiger partial charge < -0.3 is 14.8 Å². The molecule has 1 unspecified atom stereocenters. The van der Waals surface area contributed by atoms with E-state index in [9.17, 15) is 8.78 Å². The van der Waals surface area contributed by atoms with Crippen LogP contribution in [0.4, 0.5) is 8.78 Å². The smallest absolute Gasteiger partial charge is 0.134 e. The summed E-state index contributed by atoms with van der Waals surface area (Å²) in [6.45, 7) is 0. The van der Waals surface area contributed by atoms with Crippen molar-refractivity contribution in [1.82, 2.24) is 5.32 Å². The molecule has 21 heavy (non-hydrogen) atoms. The molecule has 0 amide bonds. The Balaban J connectivity index is 2.45. The molecule has 0 radical (unpaired) electrons. The van der Waals surface area contributed by atoms with Crippen LogP contribution in [0, 0.1) is 11.6 Å². The first kappa shape index (κ1) is 15.3. The average molecular weight is 293 g/mol. The summed E-state index contributed by atoms with van der Waals surface area (Å²) in [5, 5.41) is 2.93. The predicted molar refractivity (Wildman–Crippen MR) is 76.8 cm³/mol. The number of ether oxygens (including phenoxy) is 2. The van der Waals surface area contributed by atoms with Crippen LogP contribution in [0.1, 0.15) is 17.2 Å². The second-order valence-electron chi connectivity index (χ2n) is 4.50. The molecule has 2 aromatic rings. The van der Waals surface area contributed by atoms with E-state index in [1.54, 1.807) is 38.4 Å². The summed E-state index contributed by atoms with van der Waals surface area (Å²) < 4.78 is 38.3. The minimum atomic E-state index is -0.651. The number of hydrogen-bond acceptors (Lipinski definition) is 3. The van der Waals surface area contributed by atoms with E-state index in [0.29, 0.717) is 5.75 Å². The molecule has 0 heterocycles. The molecule has 2 aromatic carbocycles. The first-order valence-electron chi connectivity index (χ1n) is 6.44. The van der Waals surface area contributed by atoms with Crippen molar-refractivity contribution in [3.05, 3.63) is 59.2 Å². The Morgan fingerprint density at radius 1 is 0.905 bits per heavy atom. The van der Waals surface area contributed by atoms with Gasteiger partial charge in [-0.2, -0.15) is 0 Å².